The first kappa shape index (κ1) is 20.1. The first-order valence-electron chi connectivity index (χ1n) is 6.24. The summed E-state index contributed by atoms with van der Waals surface area (Å²) in [5.74, 6) is 1.75. The van der Waals surface area contributed by atoms with Gasteiger partial charge in [-0.1, -0.05) is 13.8 Å². The lowest BCUT2D eigenvalue weighted by molar-refractivity contribution is 0.238. The largest absolute Gasteiger partial charge is 0.398 e. The van der Waals surface area contributed by atoms with E-state index in [0.717, 1.165) is 24.0 Å². The second kappa shape index (κ2) is 12.9. The van der Waals surface area contributed by atoms with E-state index in [1.54, 1.807) is 14.2 Å². The standard InChI is InChI=1S/C10H25O5PS2Si/c1-6-17-14-16(15-18-7-2)13-9-8-10-19(5,11-3)12-4/h6-10H2,1-5H3. The van der Waals surface area contributed by atoms with E-state index in [-0.39, 0.29) is 0 Å². The molecule has 0 bridgehead atoms. The molecule has 0 aromatic carbocycles. The fraction of sp³-hybridized carbons (Fsp3) is 1.00. The molecule has 0 aromatic rings. The Morgan fingerprint density at radius 2 is 1.53 bits per heavy atom. The second-order valence-electron chi connectivity index (χ2n) is 3.66. The van der Waals surface area contributed by atoms with Gasteiger partial charge in [0.15, 0.2) is 0 Å². The molecule has 116 valence electrons. The molecule has 0 saturated carbocycles. The zero-order valence-corrected chi connectivity index (χ0v) is 15.9. The fourth-order valence-electron chi connectivity index (χ4n) is 1.07. The van der Waals surface area contributed by atoms with Gasteiger partial charge >= 0.3 is 17.2 Å². The molecule has 0 radical (unpaired) electrons. The highest BCUT2D eigenvalue weighted by Gasteiger charge is 2.28. The van der Waals surface area contributed by atoms with Crippen molar-refractivity contribution in [1.29, 1.82) is 0 Å². The first-order chi connectivity index (χ1) is 9.11. The van der Waals surface area contributed by atoms with Crippen molar-refractivity contribution in [3.8, 4) is 0 Å². The minimum absolute atomic E-state index is 0.593. The molecule has 9 heteroatoms. The Kier molecular flexibility index (Phi) is 13.6. The van der Waals surface area contributed by atoms with E-state index in [9.17, 15) is 0 Å². The van der Waals surface area contributed by atoms with Gasteiger partial charge in [-0.3, -0.25) is 0 Å². The molecule has 0 spiro atoms. The molecule has 0 aliphatic heterocycles. The third-order valence-corrected chi connectivity index (χ3v) is 7.97. The van der Waals surface area contributed by atoms with Crippen LogP contribution in [0.4, 0.5) is 0 Å². The van der Waals surface area contributed by atoms with Crippen LogP contribution in [-0.4, -0.2) is 40.9 Å². The lowest BCUT2D eigenvalue weighted by Crippen LogP contribution is -2.36. The Labute approximate surface area is 128 Å². The summed E-state index contributed by atoms with van der Waals surface area (Å²) in [5, 5.41) is 0. The van der Waals surface area contributed by atoms with Crippen LogP contribution in [-0.2, 0) is 21.3 Å². The van der Waals surface area contributed by atoms with Crippen molar-refractivity contribution in [2.45, 2.75) is 32.9 Å². The van der Waals surface area contributed by atoms with Crippen LogP contribution in [0.2, 0.25) is 12.6 Å². The maximum atomic E-state index is 5.62. The third kappa shape index (κ3) is 10.5. The highest BCUT2D eigenvalue weighted by atomic mass is 32.2. The molecular weight excluding hydrogens is 323 g/mol. The molecule has 0 aliphatic rings. The van der Waals surface area contributed by atoms with Crippen LogP contribution in [0.25, 0.3) is 0 Å². The van der Waals surface area contributed by atoms with E-state index in [1.807, 2.05) is 20.4 Å². The Bertz CT molecular complexity index is 204. The summed E-state index contributed by atoms with van der Waals surface area (Å²) in [4.78, 5) is 0. The Hall–Kier alpha value is 1.15. The highest BCUT2D eigenvalue weighted by Crippen LogP contribution is 2.47. The fourth-order valence-corrected chi connectivity index (χ4v) is 4.91. The summed E-state index contributed by atoms with van der Waals surface area (Å²) in [5.41, 5.74) is 0. The summed E-state index contributed by atoms with van der Waals surface area (Å²) in [7, 11) is 0.146. The van der Waals surface area contributed by atoms with E-state index in [0.29, 0.717) is 6.61 Å². The average Bonchev–Trinajstić information content (AvgIpc) is 2.45. The smallest absolute Gasteiger partial charge is 0.357 e. The predicted octanol–water partition coefficient (Wildman–Crippen LogP) is 4.35. The van der Waals surface area contributed by atoms with Gasteiger partial charge in [0.05, 0.1) is 6.61 Å². The summed E-state index contributed by atoms with van der Waals surface area (Å²) in [6, 6.07) is 0.894. The van der Waals surface area contributed by atoms with Crippen molar-refractivity contribution in [1.82, 2.24) is 0 Å². The zero-order valence-electron chi connectivity index (χ0n) is 12.3. The van der Waals surface area contributed by atoms with Gasteiger partial charge in [-0.15, -0.1) is 0 Å². The van der Waals surface area contributed by atoms with Crippen molar-refractivity contribution in [3.63, 3.8) is 0 Å². The quantitative estimate of drug-likeness (QED) is 0.212. The molecule has 0 atom stereocenters. The van der Waals surface area contributed by atoms with Crippen molar-refractivity contribution >= 4 is 41.2 Å². The molecule has 0 unspecified atom stereocenters. The molecular formula is C10H25O5PS2Si. The van der Waals surface area contributed by atoms with Crippen LogP contribution < -0.4 is 0 Å². The number of rotatable bonds is 13. The summed E-state index contributed by atoms with van der Waals surface area (Å²) < 4.78 is 27.3. The number of hydrogen-bond donors (Lipinski definition) is 0. The van der Waals surface area contributed by atoms with Gasteiger partial charge in [0.25, 0.3) is 0 Å². The molecule has 0 aliphatic carbocycles. The molecule has 0 aromatic heterocycles. The molecule has 0 rings (SSSR count). The maximum Gasteiger partial charge on any atom is 0.357 e. The molecule has 0 amide bonds. The van der Waals surface area contributed by atoms with Crippen LogP contribution in [0.1, 0.15) is 20.3 Å². The van der Waals surface area contributed by atoms with E-state index in [2.05, 4.69) is 0 Å². The Morgan fingerprint density at radius 1 is 1.00 bits per heavy atom. The lowest BCUT2D eigenvalue weighted by atomic mass is 10.5. The van der Waals surface area contributed by atoms with E-state index < -0.39 is 17.2 Å². The third-order valence-electron chi connectivity index (χ3n) is 2.30. The predicted molar refractivity (Wildman–Crippen MR) is 86.4 cm³/mol. The SMILES string of the molecule is CCSOP(OCCC[Si](C)(OC)OC)OSCC. The molecule has 0 N–H and O–H groups in total. The summed E-state index contributed by atoms with van der Waals surface area (Å²) in [6.45, 7) is 6.69. The van der Waals surface area contributed by atoms with Gasteiger partial charge in [0, 0.05) is 49.8 Å². The molecule has 5 nitrogen and oxygen atoms in total. The minimum Gasteiger partial charge on any atom is -0.398 e. The first-order valence-corrected chi connectivity index (χ1v) is 11.7. The van der Waals surface area contributed by atoms with E-state index in [1.165, 1.54) is 24.1 Å². The molecule has 0 saturated heterocycles. The normalized spacial score (nSPS) is 12.3. The van der Waals surface area contributed by atoms with E-state index >= 15 is 0 Å². The van der Waals surface area contributed by atoms with Crippen LogP contribution in [0.3, 0.4) is 0 Å². The van der Waals surface area contributed by atoms with Gasteiger partial charge in [-0.05, 0) is 19.0 Å². The topological polar surface area (TPSA) is 46.2 Å². The lowest BCUT2D eigenvalue weighted by Gasteiger charge is -2.22. The van der Waals surface area contributed by atoms with Gasteiger partial charge in [0.2, 0.25) is 0 Å². The van der Waals surface area contributed by atoms with Gasteiger partial charge in [0.1, 0.15) is 0 Å². The Morgan fingerprint density at radius 3 is 1.95 bits per heavy atom. The summed E-state index contributed by atoms with van der Waals surface area (Å²) in [6.07, 6.45) is 0.879. The molecule has 0 heterocycles. The number of hydrogen-bond acceptors (Lipinski definition) is 7. The molecule has 19 heavy (non-hydrogen) atoms. The van der Waals surface area contributed by atoms with Crippen LogP contribution >= 0.6 is 32.7 Å². The van der Waals surface area contributed by atoms with Gasteiger partial charge in [-0.2, -0.15) is 0 Å². The Balaban J connectivity index is 3.84. The van der Waals surface area contributed by atoms with Crippen molar-refractivity contribution in [2.24, 2.45) is 0 Å². The van der Waals surface area contributed by atoms with Crippen LogP contribution in [0.5, 0.6) is 0 Å². The maximum absolute atomic E-state index is 5.62. The van der Waals surface area contributed by atoms with Crippen LogP contribution in [0, 0.1) is 0 Å². The van der Waals surface area contributed by atoms with Crippen molar-refractivity contribution < 1.29 is 21.3 Å². The zero-order chi connectivity index (χ0) is 14.6. The van der Waals surface area contributed by atoms with E-state index in [4.69, 9.17) is 21.3 Å². The summed E-state index contributed by atoms with van der Waals surface area (Å²) >= 11 is 2.73. The van der Waals surface area contributed by atoms with Gasteiger partial charge in [-0.25, -0.2) is 7.94 Å². The minimum atomic E-state index is -1.98. The molecule has 0 fully saturated rings. The average molecular weight is 348 g/mol. The van der Waals surface area contributed by atoms with Gasteiger partial charge < -0.3 is 13.4 Å². The van der Waals surface area contributed by atoms with Crippen molar-refractivity contribution in [3.05, 3.63) is 0 Å². The van der Waals surface area contributed by atoms with Crippen LogP contribution in [0.15, 0.2) is 0 Å². The van der Waals surface area contributed by atoms with Crippen molar-refractivity contribution in [2.75, 3.05) is 32.3 Å². The second-order valence-corrected chi connectivity index (χ2v) is 10.8. The monoisotopic (exact) mass is 348 g/mol. The highest BCUT2D eigenvalue weighted by molar-refractivity contribution is 8.00.